The van der Waals surface area contributed by atoms with Gasteiger partial charge in [-0.1, -0.05) is 13.3 Å². The monoisotopic (exact) mass is 199 g/mol. The summed E-state index contributed by atoms with van der Waals surface area (Å²) >= 11 is 0. The van der Waals surface area contributed by atoms with Gasteiger partial charge in [-0.3, -0.25) is 0 Å². The minimum atomic E-state index is -0.0683. The van der Waals surface area contributed by atoms with Gasteiger partial charge >= 0.3 is 6.03 Å². The lowest BCUT2D eigenvalue weighted by atomic mass is 9.93. The van der Waals surface area contributed by atoms with E-state index in [2.05, 4.69) is 17.6 Å². The number of carbonyl (C=O) groups excluding carboxylic acids is 1. The van der Waals surface area contributed by atoms with Crippen molar-refractivity contribution in [1.29, 1.82) is 0 Å². The molecule has 0 spiro atoms. The van der Waals surface area contributed by atoms with E-state index in [-0.39, 0.29) is 12.1 Å². The quantitative estimate of drug-likeness (QED) is 0.617. The van der Waals surface area contributed by atoms with Crippen LogP contribution in [0.4, 0.5) is 4.79 Å². The second-order valence-electron chi connectivity index (χ2n) is 4.03. The van der Waals surface area contributed by atoms with Crippen molar-refractivity contribution in [2.75, 3.05) is 6.54 Å². The fraction of sp³-hybridized carbons (Fsp3) is 0.900. The molecule has 0 aromatic carbocycles. The Morgan fingerprint density at radius 1 is 1.57 bits per heavy atom. The maximum absolute atomic E-state index is 11.3. The molecule has 1 atom stereocenters. The number of nitrogens with two attached hydrogens (primary N) is 1. The van der Waals surface area contributed by atoms with Gasteiger partial charge in [0.25, 0.3) is 0 Å². The molecule has 1 rings (SSSR count). The molecule has 0 radical (unpaired) electrons. The highest BCUT2D eigenvalue weighted by atomic mass is 16.2. The highest BCUT2D eigenvalue weighted by molar-refractivity contribution is 5.74. The largest absolute Gasteiger partial charge is 0.337 e. The van der Waals surface area contributed by atoms with E-state index in [0.29, 0.717) is 12.6 Å². The fourth-order valence-electron chi connectivity index (χ4n) is 1.49. The predicted octanol–water partition coefficient (Wildman–Crippen LogP) is 0.965. The van der Waals surface area contributed by atoms with Crippen LogP contribution in [0, 0.1) is 0 Å². The van der Waals surface area contributed by atoms with Crippen LogP contribution in [-0.2, 0) is 0 Å². The van der Waals surface area contributed by atoms with Gasteiger partial charge in [0.2, 0.25) is 0 Å². The van der Waals surface area contributed by atoms with Gasteiger partial charge in [-0.15, -0.1) is 0 Å². The third-order valence-corrected chi connectivity index (χ3v) is 2.62. The van der Waals surface area contributed by atoms with Gasteiger partial charge in [-0.25, -0.2) is 4.79 Å². The molecule has 1 aliphatic carbocycles. The SMILES string of the molecule is CCCC(N)CNC(=O)NC1CCC1. The number of hydrogen-bond donors (Lipinski definition) is 3. The summed E-state index contributed by atoms with van der Waals surface area (Å²) in [6, 6.07) is 0.422. The van der Waals surface area contributed by atoms with E-state index in [9.17, 15) is 4.79 Å². The van der Waals surface area contributed by atoms with E-state index in [0.717, 1.165) is 25.7 Å². The van der Waals surface area contributed by atoms with Gasteiger partial charge in [-0.2, -0.15) is 0 Å². The summed E-state index contributed by atoms with van der Waals surface area (Å²) in [5, 5.41) is 5.70. The van der Waals surface area contributed by atoms with Gasteiger partial charge in [-0.05, 0) is 25.7 Å². The number of amides is 2. The Bertz CT molecular complexity index is 180. The molecular weight excluding hydrogens is 178 g/mol. The zero-order chi connectivity index (χ0) is 10.4. The maximum Gasteiger partial charge on any atom is 0.315 e. The van der Waals surface area contributed by atoms with E-state index >= 15 is 0 Å². The molecule has 4 nitrogen and oxygen atoms in total. The molecule has 1 fully saturated rings. The summed E-state index contributed by atoms with van der Waals surface area (Å²) in [6.07, 6.45) is 5.50. The third kappa shape index (κ3) is 3.96. The summed E-state index contributed by atoms with van der Waals surface area (Å²) in [7, 11) is 0. The van der Waals surface area contributed by atoms with Crippen LogP contribution in [0.1, 0.15) is 39.0 Å². The second kappa shape index (κ2) is 5.86. The summed E-state index contributed by atoms with van der Waals surface area (Å²) in [4.78, 5) is 11.3. The lowest BCUT2D eigenvalue weighted by Crippen LogP contribution is -2.48. The molecule has 0 saturated heterocycles. The lowest BCUT2D eigenvalue weighted by molar-refractivity contribution is 0.227. The molecule has 1 unspecified atom stereocenters. The minimum Gasteiger partial charge on any atom is -0.337 e. The van der Waals surface area contributed by atoms with Crippen LogP contribution < -0.4 is 16.4 Å². The standard InChI is InChI=1S/C10H21N3O/c1-2-4-8(11)7-12-10(14)13-9-5-3-6-9/h8-9H,2-7,11H2,1H3,(H2,12,13,14). The molecule has 82 valence electrons. The molecule has 1 aliphatic rings. The molecule has 0 aromatic heterocycles. The van der Waals surface area contributed by atoms with Crippen LogP contribution in [0.2, 0.25) is 0 Å². The molecule has 4 N–H and O–H groups in total. The Hall–Kier alpha value is -0.770. The highest BCUT2D eigenvalue weighted by Gasteiger charge is 2.19. The van der Waals surface area contributed by atoms with Crippen LogP contribution in [0.25, 0.3) is 0 Å². The average molecular weight is 199 g/mol. The normalized spacial score (nSPS) is 18.4. The average Bonchev–Trinajstić information content (AvgIpc) is 2.09. The van der Waals surface area contributed by atoms with Crippen molar-refractivity contribution in [3.8, 4) is 0 Å². The Morgan fingerprint density at radius 2 is 2.29 bits per heavy atom. The maximum atomic E-state index is 11.3. The van der Waals surface area contributed by atoms with Crippen molar-refractivity contribution in [2.24, 2.45) is 5.73 Å². The first-order valence-electron chi connectivity index (χ1n) is 5.52. The van der Waals surface area contributed by atoms with Gasteiger partial charge in [0.15, 0.2) is 0 Å². The zero-order valence-corrected chi connectivity index (χ0v) is 8.88. The molecule has 0 aromatic rings. The summed E-state index contributed by atoms with van der Waals surface area (Å²) in [6.45, 7) is 2.67. The predicted molar refractivity (Wildman–Crippen MR) is 57.1 cm³/mol. The van der Waals surface area contributed by atoms with E-state index < -0.39 is 0 Å². The molecular formula is C10H21N3O. The molecule has 14 heavy (non-hydrogen) atoms. The van der Waals surface area contributed by atoms with Crippen LogP contribution in [0.5, 0.6) is 0 Å². The summed E-state index contributed by atoms with van der Waals surface area (Å²) in [5.41, 5.74) is 5.77. The number of nitrogens with one attached hydrogen (secondary N) is 2. The van der Waals surface area contributed by atoms with E-state index in [1.54, 1.807) is 0 Å². The van der Waals surface area contributed by atoms with Crippen LogP contribution in [0.15, 0.2) is 0 Å². The van der Waals surface area contributed by atoms with Crippen LogP contribution in [-0.4, -0.2) is 24.7 Å². The first-order chi connectivity index (χ1) is 6.72. The van der Waals surface area contributed by atoms with Crippen molar-refractivity contribution in [3.63, 3.8) is 0 Å². The van der Waals surface area contributed by atoms with Crippen molar-refractivity contribution < 1.29 is 4.79 Å². The highest BCUT2D eigenvalue weighted by Crippen LogP contribution is 2.17. The molecule has 0 bridgehead atoms. The van der Waals surface area contributed by atoms with Gasteiger partial charge < -0.3 is 16.4 Å². The number of rotatable bonds is 5. The molecule has 2 amide bonds. The van der Waals surface area contributed by atoms with Crippen molar-refractivity contribution in [3.05, 3.63) is 0 Å². The van der Waals surface area contributed by atoms with Crippen LogP contribution >= 0.6 is 0 Å². The van der Waals surface area contributed by atoms with E-state index in [4.69, 9.17) is 5.73 Å². The number of hydrogen-bond acceptors (Lipinski definition) is 2. The lowest BCUT2D eigenvalue weighted by Gasteiger charge is -2.26. The fourth-order valence-corrected chi connectivity index (χ4v) is 1.49. The Kier molecular flexibility index (Phi) is 4.73. The van der Waals surface area contributed by atoms with Gasteiger partial charge in [0, 0.05) is 18.6 Å². The van der Waals surface area contributed by atoms with Crippen molar-refractivity contribution in [1.82, 2.24) is 10.6 Å². The topological polar surface area (TPSA) is 67.1 Å². The minimum absolute atomic E-state index is 0.0683. The van der Waals surface area contributed by atoms with Gasteiger partial charge in [0.05, 0.1) is 0 Å². The Balaban J connectivity index is 2.01. The molecule has 1 saturated carbocycles. The van der Waals surface area contributed by atoms with Crippen molar-refractivity contribution in [2.45, 2.75) is 51.1 Å². The zero-order valence-electron chi connectivity index (χ0n) is 8.88. The number of urea groups is 1. The first-order valence-corrected chi connectivity index (χ1v) is 5.52. The van der Waals surface area contributed by atoms with Crippen molar-refractivity contribution >= 4 is 6.03 Å². The third-order valence-electron chi connectivity index (χ3n) is 2.62. The first kappa shape index (κ1) is 11.3. The molecule has 0 heterocycles. The number of carbonyl (C=O) groups is 1. The van der Waals surface area contributed by atoms with E-state index in [1.165, 1.54) is 6.42 Å². The van der Waals surface area contributed by atoms with Crippen LogP contribution in [0.3, 0.4) is 0 Å². The molecule has 0 aliphatic heterocycles. The smallest absolute Gasteiger partial charge is 0.315 e. The second-order valence-corrected chi connectivity index (χ2v) is 4.03. The van der Waals surface area contributed by atoms with Gasteiger partial charge in [0.1, 0.15) is 0 Å². The summed E-state index contributed by atoms with van der Waals surface area (Å²) in [5.74, 6) is 0. The summed E-state index contributed by atoms with van der Waals surface area (Å²) < 4.78 is 0. The Morgan fingerprint density at radius 3 is 2.79 bits per heavy atom. The molecule has 4 heteroatoms. The Labute approximate surface area is 85.6 Å². The van der Waals surface area contributed by atoms with E-state index in [1.807, 2.05) is 0 Å².